The number of aromatic amines is 1. The van der Waals surface area contributed by atoms with Gasteiger partial charge in [0.05, 0.1) is 6.42 Å². The van der Waals surface area contributed by atoms with Crippen LogP contribution in [0, 0.1) is 5.92 Å². The van der Waals surface area contributed by atoms with Gasteiger partial charge in [0.25, 0.3) is 0 Å². The van der Waals surface area contributed by atoms with Crippen LogP contribution >= 0.6 is 0 Å². The fourth-order valence-corrected chi connectivity index (χ4v) is 4.18. The van der Waals surface area contributed by atoms with E-state index in [0.717, 1.165) is 31.4 Å². The zero-order chi connectivity index (χ0) is 17.9. The summed E-state index contributed by atoms with van der Waals surface area (Å²) in [6.45, 7) is 2.37. The summed E-state index contributed by atoms with van der Waals surface area (Å²) in [6, 6.07) is 2.19. The van der Waals surface area contributed by atoms with Gasteiger partial charge < -0.3 is 14.8 Å². The molecule has 4 heterocycles. The SMILES string of the molecule is O=C(Cn1cnnn1)N1CCC2C(CCCN2C(=O)Cc2cc[nH]c2)C1. The molecule has 2 saturated heterocycles. The van der Waals surface area contributed by atoms with Gasteiger partial charge in [-0.1, -0.05) is 0 Å². The fraction of sp³-hybridized carbons (Fsp3) is 0.588. The maximum atomic E-state index is 12.8. The topological polar surface area (TPSA) is 100 Å². The predicted octanol–water partition coefficient (Wildman–Crippen LogP) is 0.0834. The highest BCUT2D eigenvalue weighted by atomic mass is 16.2. The second-order valence-corrected chi connectivity index (χ2v) is 7.09. The molecule has 26 heavy (non-hydrogen) atoms. The van der Waals surface area contributed by atoms with Gasteiger partial charge in [-0.2, -0.15) is 0 Å². The number of carbonyl (C=O) groups is 2. The van der Waals surface area contributed by atoms with E-state index in [1.165, 1.54) is 11.0 Å². The molecule has 2 unspecified atom stereocenters. The van der Waals surface area contributed by atoms with Crippen LogP contribution in [-0.4, -0.2) is 72.5 Å². The number of aromatic nitrogens is 5. The molecular weight excluding hydrogens is 334 g/mol. The number of rotatable bonds is 4. The number of piperidine rings is 2. The molecule has 0 saturated carbocycles. The molecule has 0 bridgehead atoms. The number of amides is 2. The summed E-state index contributed by atoms with van der Waals surface area (Å²) in [6.07, 6.45) is 8.50. The number of hydrogen-bond acceptors (Lipinski definition) is 5. The molecular formula is C17H23N7O2. The van der Waals surface area contributed by atoms with Gasteiger partial charge in [-0.05, 0) is 47.2 Å². The van der Waals surface area contributed by atoms with E-state index in [0.29, 0.717) is 25.4 Å². The summed E-state index contributed by atoms with van der Waals surface area (Å²) >= 11 is 0. The van der Waals surface area contributed by atoms with Crippen LogP contribution in [0.2, 0.25) is 0 Å². The first-order valence-electron chi connectivity index (χ1n) is 9.10. The van der Waals surface area contributed by atoms with Crippen molar-refractivity contribution in [3.8, 4) is 0 Å². The average Bonchev–Trinajstić information content (AvgIpc) is 3.34. The fourth-order valence-electron chi connectivity index (χ4n) is 4.18. The Morgan fingerprint density at radius 3 is 2.92 bits per heavy atom. The molecule has 0 spiro atoms. The molecule has 2 aromatic heterocycles. The van der Waals surface area contributed by atoms with Crippen LogP contribution in [0.4, 0.5) is 0 Å². The number of H-pyrrole nitrogens is 1. The second-order valence-electron chi connectivity index (χ2n) is 7.09. The first-order chi connectivity index (χ1) is 12.7. The molecule has 0 aliphatic carbocycles. The number of carbonyl (C=O) groups excluding carboxylic acids is 2. The van der Waals surface area contributed by atoms with Gasteiger partial charge >= 0.3 is 0 Å². The van der Waals surface area contributed by atoms with Gasteiger partial charge in [-0.25, -0.2) is 4.68 Å². The van der Waals surface area contributed by atoms with Crippen LogP contribution in [0.3, 0.4) is 0 Å². The Labute approximate surface area is 151 Å². The third-order valence-corrected chi connectivity index (χ3v) is 5.45. The van der Waals surface area contributed by atoms with Crippen molar-refractivity contribution < 1.29 is 9.59 Å². The minimum absolute atomic E-state index is 0.0338. The third-order valence-electron chi connectivity index (χ3n) is 5.45. The maximum Gasteiger partial charge on any atom is 0.244 e. The summed E-state index contributed by atoms with van der Waals surface area (Å²) in [5.74, 6) is 0.574. The number of hydrogen-bond donors (Lipinski definition) is 1. The summed E-state index contributed by atoms with van der Waals surface area (Å²) in [4.78, 5) is 32.2. The van der Waals surface area contributed by atoms with Crippen molar-refractivity contribution >= 4 is 11.8 Å². The molecule has 0 radical (unpaired) electrons. The lowest BCUT2D eigenvalue weighted by atomic mass is 9.83. The molecule has 2 amide bonds. The smallest absolute Gasteiger partial charge is 0.244 e. The standard InChI is InChI=1S/C17H23N7O2/c25-16(8-13-3-5-18-9-13)24-6-1-2-14-10-22(7-4-15(14)24)17(26)11-23-12-19-20-21-23/h3,5,9,12,14-15,18H,1-2,4,6-8,10-11H2. The summed E-state index contributed by atoms with van der Waals surface area (Å²) in [5.41, 5.74) is 1.02. The van der Waals surface area contributed by atoms with Crippen molar-refractivity contribution in [2.45, 2.75) is 38.3 Å². The van der Waals surface area contributed by atoms with Crippen molar-refractivity contribution in [2.75, 3.05) is 19.6 Å². The van der Waals surface area contributed by atoms with Crippen molar-refractivity contribution in [2.24, 2.45) is 5.92 Å². The lowest BCUT2D eigenvalue weighted by molar-refractivity contribution is -0.141. The van der Waals surface area contributed by atoms with Gasteiger partial charge in [-0.3, -0.25) is 9.59 Å². The molecule has 2 aromatic rings. The van der Waals surface area contributed by atoms with E-state index in [9.17, 15) is 9.59 Å². The second kappa shape index (κ2) is 7.27. The van der Waals surface area contributed by atoms with Crippen molar-refractivity contribution in [3.05, 3.63) is 30.4 Å². The number of fused-ring (bicyclic) bond motifs is 1. The zero-order valence-electron chi connectivity index (χ0n) is 14.6. The number of tetrazole rings is 1. The lowest BCUT2D eigenvalue weighted by Gasteiger charge is -2.47. The maximum absolute atomic E-state index is 12.8. The van der Waals surface area contributed by atoms with Gasteiger partial charge in [0.15, 0.2) is 0 Å². The van der Waals surface area contributed by atoms with Crippen LogP contribution < -0.4 is 0 Å². The molecule has 9 nitrogen and oxygen atoms in total. The van der Waals surface area contributed by atoms with Crippen LogP contribution in [-0.2, 0) is 22.6 Å². The van der Waals surface area contributed by atoms with E-state index in [4.69, 9.17) is 0 Å². The van der Waals surface area contributed by atoms with Crippen molar-refractivity contribution in [1.29, 1.82) is 0 Å². The molecule has 2 fully saturated rings. The minimum Gasteiger partial charge on any atom is -0.367 e. The molecule has 4 rings (SSSR count). The summed E-state index contributed by atoms with van der Waals surface area (Å²) in [7, 11) is 0. The molecule has 2 aliphatic heterocycles. The van der Waals surface area contributed by atoms with Gasteiger partial charge in [0, 0.05) is 38.1 Å². The van der Waals surface area contributed by atoms with Crippen LogP contribution in [0.1, 0.15) is 24.8 Å². The first kappa shape index (κ1) is 16.7. The molecule has 2 aliphatic rings. The first-order valence-corrected chi connectivity index (χ1v) is 9.10. The predicted molar refractivity (Wildman–Crippen MR) is 91.7 cm³/mol. The molecule has 2 atom stereocenters. The van der Waals surface area contributed by atoms with E-state index in [2.05, 4.69) is 20.5 Å². The Balaban J connectivity index is 1.37. The number of nitrogens with one attached hydrogen (secondary N) is 1. The summed E-state index contributed by atoms with van der Waals surface area (Å²) < 4.78 is 1.45. The lowest BCUT2D eigenvalue weighted by Crippen LogP contribution is -2.57. The highest BCUT2D eigenvalue weighted by molar-refractivity contribution is 5.79. The Hall–Kier alpha value is -2.71. The highest BCUT2D eigenvalue weighted by Crippen LogP contribution is 2.31. The van der Waals surface area contributed by atoms with Gasteiger partial charge in [-0.15, -0.1) is 5.10 Å². The Kier molecular flexibility index (Phi) is 4.68. The van der Waals surface area contributed by atoms with E-state index in [1.807, 2.05) is 28.3 Å². The molecule has 138 valence electrons. The average molecular weight is 357 g/mol. The highest BCUT2D eigenvalue weighted by Gasteiger charge is 2.39. The zero-order valence-corrected chi connectivity index (χ0v) is 14.6. The molecule has 0 aromatic carbocycles. The third kappa shape index (κ3) is 3.47. The number of likely N-dealkylation sites (tertiary alicyclic amines) is 2. The van der Waals surface area contributed by atoms with Crippen LogP contribution in [0.15, 0.2) is 24.8 Å². The van der Waals surface area contributed by atoms with E-state index in [1.54, 1.807) is 0 Å². The number of nitrogens with zero attached hydrogens (tertiary/aromatic N) is 6. The normalized spacial score (nSPS) is 22.9. The van der Waals surface area contributed by atoms with Crippen molar-refractivity contribution in [3.63, 3.8) is 0 Å². The molecule has 9 heteroatoms. The van der Waals surface area contributed by atoms with E-state index < -0.39 is 0 Å². The van der Waals surface area contributed by atoms with E-state index >= 15 is 0 Å². The quantitative estimate of drug-likeness (QED) is 0.835. The largest absolute Gasteiger partial charge is 0.367 e. The monoisotopic (exact) mass is 357 g/mol. The van der Waals surface area contributed by atoms with Gasteiger partial charge in [0.1, 0.15) is 12.9 Å². The minimum atomic E-state index is 0.0338. The Bertz CT molecular complexity index is 743. The van der Waals surface area contributed by atoms with Crippen LogP contribution in [0.25, 0.3) is 0 Å². The van der Waals surface area contributed by atoms with E-state index in [-0.39, 0.29) is 24.4 Å². The Morgan fingerprint density at radius 2 is 2.15 bits per heavy atom. The summed E-state index contributed by atoms with van der Waals surface area (Å²) in [5, 5.41) is 10.9. The molecule has 1 N–H and O–H groups in total. The van der Waals surface area contributed by atoms with Crippen molar-refractivity contribution in [1.82, 2.24) is 35.0 Å². The van der Waals surface area contributed by atoms with Gasteiger partial charge in [0.2, 0.25) is 11.8 Å². The Morgan fingerprint density at radius 1 is 1.23 bits per heavy atom. The van der Waals surface area contributed by atoms with Crippen LogP contribution in [0.5, 0.6) is 0 Å².